The zero-order valence-corrected chi connectivity index (χ0v) is 14.6. The maximum Gasteiger partial charge on any atom is 0.361 e. The summed E-state index contributed by atoms with van der Waals surface area (Å²) >= 11 is 0. The van der Waals surface area contributed by atoms with Crippen LogP contribution in [-0.2, 0) is 9.53 Å². The van der Waals surface area contributed by atoms with Crippen LogP contribution in [0, 0.1) is 24.2 Å². The fraction of sp³-hybridized carbons (Fsp3) is 0.389. The lowest BCUT2D eigenvalue weighted by Gasteiger charge is -2.22. The van der Waals surface area contributed by atoms with Crippen molar-refractivity contribution in [1.29, 1.82) is 5.26 Å². The summed E-state index contributed by atoms with van der Waals surface area (Å²) in [5.41, 5.74) is 0.239. The largest absolute Gasteiger partial charge is 0.451 e. The van der Waals surface area contributed by atoms with E-state index in [9.17, 15) is 14.9 Å². The maximum absolute atomic E-state index is 12.2. The fourth-order valence-corrected chi connectivity index (χ4v) is 2.65. The van der Waals surface area contributed by atoms with Crippen molar-refractivity contribution in [3.63, 3.8) is 0 Å². The van der Waals surface area contributed by atoms with Gasteiger partial charge in [-0.2, -0.15) is 15.2 Å². The number of nitrogens with zero attached hydrogens (tertiary/aromatic N) is 4. The van der Waals surface area contributed by atoms with Crippen molar-refractivity contribution in [2.24, 2.45) is 5.92 Å². The van der Waals surface area contributed by atoms with Crippen LogP contribution in [0.1, 0.15) is 35.9 Å². The number of ether oxygens (including phenoxy) is 1. The highest BCUT2D eigenvalue weighted by atomic mass is 16.5. The van der Waals surface area contributed by atoms with Gasteiger partial charge in [-0.1, -0.05) is 18.2 Å². The molecule has 0 spiro atoms. The summed E-state index contributed by atoms with van der Waals surface area (Å²) in [4.78, 5) is 25.6. The number of esters is 1. The third-order valence-corrected chi connectivity index (χ3v) is 4.32. The Kier molecular flexibility index (Phi) is 4.71. The molecule has 1 aromatic carbocycles. The van der Waals surface area contributed by atoms with E-state index < -0.39 is 24.0 Å². The predicted molar refractivity (Wildman–Crippen MR) is 91.3 cm³/mol. The molecule has 3 rings (SSSR count). The van der Waals surface area contributed by atoms with Gasteiger partial charge in [0.2, 0.25) is 0 Å². The second-order valence-corrected chi connectivity index (χ2v) is 6.47. The first-order valence-electron chi connectivity index (χ1n) is 8.31. The van der Waals surface area contributed by atoms with Crippen LogP contribution in [0.4, 0.5) is 0 Å². The minimum atomic E-state index is -0.921. The zero-order chi connectivity index (χ0) is 18.7. The molecule has 2 aromatic rings. The Balaban J connectivity index is 1.61. The quantitative estimate of drug-likeness (QED) is 0.789. The Morgan fingerprint density at radius 2 is 2.04 bits per heavy atom. The van der Waals surface area contributed by atoms with E-state index in [2.05, 4.69) is 21.6 Å². The molecule has 1 heterocycles. The Morgan fingerprint density at radius 1 is 1.35 bits per heavy atom. The molecule has 8 nitrogen and oxygen atoms in total. The minimum Gasteiger partial charge on any atom is -0.451 e. The highest BCUT2D eigenvalue weighted by Crippen LogP contribution is 2.39. The van der Waals surface area contributed by atoms with Crippen molar-refractivity contribution in [2.45, 2.75) is 32.2 Å². The third kappa shape index (κ3) is 3.72. The van der Waals surface area contributed by atoms with Gasteiger partial charge in [0.1, 0.15) is 5.54 Å². The number of aryl methyl sites for hydroxylation is 1. The van der Waals surface area contributed by atoms with Gasteiger partial charge in [0.05, 0.1) is 17.5 Å². The number of carbonyl (C=O) groups excluding carboxylic acids is 2. The molecular formula is C18H19N5O3. The van der Waals surface area contributed by atoms with Crippen LogP contribution in [0.3, 0.4) is 0 Å². The number of para-hydroxylation sites is 1. The van der Waals surface area contributed by atoms with Crippen LogP contribution in [0.5, 0.6) is 0 Å². The van der Waals surface area contributed by atoms with Crippen molar-refractivity contribution in [3.05, 3.63) is 41.7 Å². The first kappa shape index (κ1) is 17.6. The number of hydrogen-bond donors (Lipinski definition) is 1. The van der Waals surface area contributed by atoms with E-state index >= 15 is 0 Å². The number of rotatable bonds is 6. The minimum absolute atomic E-state index is 0.0480. The molecule has 0 radical (unpaired) electrons. The van der Waals surface area contributed by atoms with Crippen molar-refractivity contribution < 1.29 is 14.3 Å². The maximum atomic E-state index is 12.2. The van der Waals surface area contributed by atoms with Crippen LogP contribution in [0.25, 0.3) is 5.69 Å². The SMILES string of the molecule is Cc1nn(-c2ccccc2)nc1C(=O)OCC(=O)N[C@@](C)(C#N)C1CC1. The summed E-state index contributed by atoms with van der Waals surface area (Å²) < 4.78 is 5.03. The summed E-state index contributed by atoms with van der Waals surface area (Å²) in [5, 5.41) is 20.2. The topological polar surface area (TPSA) is 110 Å². The van der Waals surface area contributed by atoms with Crippen molar-refractivity contribution >= 4 is 11.9 Å². The van der Waals surface area contributed by atoms with Gasteiger partial charge in [-0.05, 0) is 44.7 Å². The smallest absolute Gasteiger partial charge is 0.361 e. The number of nitrogens with one attached hydrogen (secondary N) is 1. The predicted octanol–water partition coefficient (Wildman–Crippen LogP) is 1.54. The number of carbonyl (C=O) groups is 2. The number of aromatic nitrogens is 3. The van der Waals surface area contributed by atoms with E-state index in [1.807, 2.05) is 30.3 Å². The Hall–Kier alpha value is -3.21. The van der Waals surface area contributed by atoms with Crippen LogP contribution < -0.4 is 5.32 Å². The number of benzene rings is 1. The molecule has 0 unspecified atom stereocenters. The van der Waals surface area contributed by atoms with Gasteiger partial charge in [-0.15, -0.1) is 5.10 Å². The first-order valence-corrected chi connectivity index (χ1v) is 8.31. The average molecular weight is 353 g/mol. The van der Waals surface area contributed by atoms with Crippen LogP contribution in [-0.4, -0.2) is 39.0 Å². The molecule has 1 aromatic heterocycles. The van der Waals surface area contributed by atoms with Crippen LogP contribution in [0.15, 0.2) is 30.3 Å². The molecule has 0 aliphatic heterocycles. The van der Waals surface area contributed by atoms with Gasteiger partial charge in [0.15, 0.2) is 12.3 Å². The van der Waals surface area contributed by atoms with Crippen LogP contribution >= 0.6 is 0 Å². The fourth-order valence-electron chi connectivity index (χ4n) is 2.65. The van der Waals surface area contributed by atoms with Gasteiger partial charge in [-0.25, -0.2) is 4.79 Å². The lowest BCUT2D eigenvalue weighted by Crippen LogP contribution is -2.48. The van der Waals surface area contributed by atoms with Crippen molar-refractivity contribution in [2.75, 3.05) is 6.61 Å². The van der Waals surface area contributed by atoms with Crippen LogP contribution in [0.2, 0.25) is 0 Å². The molecule has 8 heteroatoms. The molecule has 0 bridgehead atoms. The Morgan fingerprint density at radius 3 is 2.65 bits per heavy atom. The Labute approximate surface area is 150 Å². The summed E-state index contributed by atoms with van der Waals surface area (Å²) in [6.07, 6.45) is 1.82. The van der Waals surface area contributed by atoms with E-state index in [-0.39, 0.29) is 11.6 Å². The number of hydrogen-bond acceptors (Lipinski definition) is 6. The molecule has 134 valence electrons. The second-order valence-electron chi connectivity index (χ2n) is 6.47. The van der Waals surface area contributed by atoms with Crippen molar-refractivity contribution in [3.8, 4) is 11.8 Å². The van der Waals surface area contributed by atoms with Gasteiger partial charge < -0.3 is 10.1 Å². The van der Waals surface area contributed by atoms with Gasteiger partial charge >= 0.3 is 5.97 Å². The molecule has 1 fully saturated rings. The highest BCUT2D eigenvalue weighted by molar-refractivity contribution is 5.90. The van der Waals surface area contributed by atoms with Crippen molar-refractivity contribution in [1.82, 2.24) is 20.3 Å². The summed E-state index contributed by atoms with van der Waals surface area (Å²) in [7, 11) is 0. The molecule has 0 saturated heterocycles. The standard InChI is InChI=1S/C18H19N5O3/c1-12-16(22-23(21-12)14-6-4-3-5-7-14)17(25)26-10-15(24)20-18(2,11-19)13-8-9-13/h3-7,13H,8-10H2,1-2H3,(H,20,24)/t18-/m0/s1. The molecule has 1 atom stereocenters. The summed E-state index contributed by atoms with van der Waals surface area (Å²) in [6, 6.07) is 11.3. The zero-order valence-electron chi connectivity index (χ0n) is 14.6. The second kappa shape index (κ2) is 6.96. The van der Waals surface area contributed by atoms with E-state index in [1.165, 1.54) is 4.80 Å². The summed E-state index contributed by atoms with van der Waals surface area (Å²) in [5.74, 6) is -1.09. The Bertz CT molecular complexity index is 867. The van der Waals surface area contributed by atoms with E-state index in [1.54, 1.807) is 13.8 Å². The lowest BCUT2D eigenvalue weighted by molar-refractivity contribution is -0.125. The number of nitriles is 1. The monoisotopic (exact) mass is 353 g/mol. The van der Waals surface area contributed by atoms with E-state index in [0.717, 1.165) is 12.8 Å². The molecule has 1 N–H and O–H groups in total. The van der Waals surface area contributed by atoms with Gasteiger partial charge in [0.25, 0.3) is 5.91 Å². The molecule has 1 aliphatic rings. The van der Waals surface area contributed by atoms with Gasteiger partial charge in [-0.3, -0.25) is 4.79 Å². The highest BCUT2D eigenvalue weighted by Gasteiger charge is 2.43. The summed E-state index contributed by atoms with van der Waals surface area (Å²) in [6.45, 7) is 2.85. The first-order chi connectivity index (χ1) is 12.4. The third-order valence-electron chi connectivity index (χ3n) is 4.32. The van der Waals surface area contributed by atoms with Gasteiger partial charge in [0, 0.05) is 0 Å². The average Bonchev–Trinajstić information content (AvgIpc) is 3.43. The lowest BCUT2D eigenvalue weighted by atomic mass is 9.98. The van der Waals surface area contributed by atoms with E-state index in [0.29, 0.717) is 11.4 Å². The number of amides is 1. The normalized spacial score (nSPS) is 15.6. The van der Waals surface area contributed by atoms with E-state index in [4.69, 9.17) is 4.74 Å². The molecule has 1 amide bonds. The molecular weight excluding hydrogens is 334 g/mol. The molecule has 1 saturated carbocycles. The molecule has 26 heavy (non-hydrogen) atoms. The molecule has 1 aliphatic carbocycles.